The zero-order valence-electron chi connectivity index (χ0n) is 18.3. The van der Waals surface area contributed by atoms with Crippen molar-refractivity contribution >= 4 is 26.8 Å². The Labute approximate surface area is 194 Å². The molecule has 2 aliphatic heterocycles. The summed E-state index contributed by atoms with van der Waals surface area (Å²) in [5.41, 5.74) is 4.01. The second kappa shape index (κ2) is 8.47. The fraction of sp³-hybridized carbons (Fsp3) is 0.500. The number of ether oxygens (including phenoxy) is 1. The van der Waals surface area contributed by atoms with Crippen LogP contribution in [-0.2, 0) is 11.2 Å². The molecular formula is C24H27BrF2N4O. The number of hydrogen-bond acceptors (Lipinski definition) is 4. The number of alkyl halides is 2. The molecule has 1 aromatic carbocycles. The molecule has 32 heavy (non-hydrogen) atoms. The highest BCUT2D eigenvalue weighted by atomic mass is 79.9. The molecule has 4 heterocycles. The standard InChI is InChI=1S/C24H27BrF2N4O/c1-15-11-18-17(7-9-21-19(18)13-29-31(21)22-5-3-4-10-32-22)23(30(15)14-24(2,26)27)20-8-6-16(25)12-28-20/h6-9,12-13,15,22-23H,3-5,10-11,14H2,1-2H3/t15-,22?,23+/m1/s1. The van der Waals surface area contributed by atoms with Crippen molar-refractivity contribution in [3.05, 3.63) is 58.0 Å². The summed E-state index contributed by atoms with van der Waals surface area (Å²) in [5.74, 6) is -2.80. The Morgan fingerprint density at radius 2 is 2.03 bits per heavy atom. The number of hydrogen-bond donors (Lipinski definition) is 0. The van der Waals surface area contributed by atoms with Gasteiger partial charge in [-0.2, -0.15) is 5.10 Å². The van der Waals surface area contributed by atoms with Crippen molar-refractivity contribution in [1.82, 2.24) is 19.7 Å². The fourth-order valence-corrected chi connectivity index (χ4v) is 5.35. The number of aromatic nitrogens is 3. The third-order valence-electron chi connectivity index (χ3n) is 6.54. The van der Waals surface area contributed by atoms with E-state index < -0.39 is 5.92 Å². The Morgan fingerprint density at radius 1 is 1.19 bits per heavy atom. The zero-order valence-corrected chi connectivity index (χ0v) is 19.9. The van der Waals surface area contributed by atoms with Crippen LogP contribution in [0.25, 0.3) is 10.9 Å². The second-order valence-corrected chi connectivity index (χ2v) is 9.99. The molecule has 2 aliphatic rings. The largest absolute Gasteiger partial charge is 0.356 e. The van der Waals surface area contributed by atoms with Crippen LogP contribution in [0.3, 0.4) is 0 Å². The normalized spacial score (nSPS) is 24.6. The highest BCUT2D eigenvalue weighted by Gasteiger charge is 2.39. The van der Waals surface area contributed by atoms with Crippen molar-refractivity contribution in [2.75, 3.05) is 13.2 Å². The zero-order chi connectivity index (χ0) is 22.5. The Kier molecular flexibility index (Phi) is 5.80. The minimum Gasteiger partial charge on any atom is -0.356 e. The van der Waals surface area contributed by atoms with Gasteiger partial charge in [-0.25, -0.2) is 13.5 Å². The van der Waals surface area contributed by atoms with Gasteiger partial charge in [-0.15, -0.1) is 0 Å². The lowest BCUT2D eigenvalue weighted by molar-refractivity contribution is -0.0372. The van der Waals surface area contributed by atoms with Crippen molar-refractivity contribution in [3.63, 3.8) is 0 Å². The predicted molar refractivity (Wildman–Crippen MR) is 123 cm³/mol. The molecule has 0 aliphatic carbocycles. The van der Waals surface area contributed by atoms with Gasteiger partial charge in [-0.1, -0.05) is 6.07 Å². The van der Waals surface area contributed by atoms with E-state index in [-0.39, 0.29) is 24.9 Å². The van der Waals surface area contributed by atoms with Crippen LogP contribution in [0.2, 0.25) is 0 Å². The first kappa shape index (κ1) is 21.9. The van der Waals surface area contributed by atoms with E-state index in [4.69, 9.17) is 4.74 Å². The van der Waals surface area contributed by atoms with E-state index in [0.717, 1.165) is 59.4 Å². The molecular weight excluding hydrogens is 478 g/mol. The molecule has 8 heteroatoms. The second-order valence-electron chi connectivity index (χ2n) is 9.08. The first-order chi connectivity index (χ1) is 15.3. The molecule has 3 aromatic rings. The Balaban J connectivity index is 1.63. The number of fused-ring (bicyclic) bond motifs is 3. The smallest absolute Gasteiger partial charge is 0.257 e. The molecule has 0 N–H and O–H groups in total. The van der Waals surface area contributed by atoms with Gasteiger partial charge in [0.1, 0.15) is 0 Å². The molecule has 0 spiro atoms. The van der Waals surface area contributed by atoms with Gasteiger partial charge >= 0.3 is 0 Å². The molecule has 170 valence electrons. The number of halogens is 3. The van der Waals surface area contributed by atoms with Crippen molar-refractivity contribution in [1.29, 1.82) is 0 Å². The molecule has 5 nitrogen and oxygen atoms in total. The van der Waals surface area contributed by atoms with Gasteiger partial charge in [-0.3, -0.25) is 9.88 Å². The van der Waals surface area contributed by atoms with Crippen LogP contribution in [0, 0.1) is 0 Å². The molecule has 1 fully saturated rings. The summed E-state index contributed by atoms with van der Waals surface area (Å²) >= 11 is 3.43. The summed E-state index contributed by atoms with van der Waals surface area (Å²) in [6.07, 6.45) is 7.46. The van der Waals surface area contributed by atoms with E-state index in [1.807, 2.05) is 34.8 Å². The summed E-state index contributed by atoms with van der Waals surface area (Å²) < 4.78 is 37.2. The molecule has 3 atom stereocenters. The van der Waals surface area contributed by atoms with Gasteiger partial charge in [0.15, 0.2) is 6.23 Å². The number of rotatable bonds is 4. The van der Waals surface area contributed by atoms with Crippen molar-refractivity contribution in [2.45, 2.75) is 63.8 Å². The first-order valence-electron chi connectivity index (χ1n) is 11.2. The van der Waals surface area contributed by atoms with Crippen LogP contribution >= 0.6 is 15.9 Å². The van der Waals surface area contributed by atoms with Gasteiger partial charge in [0, 0.05) is 35.6 Å². The summed E-state index contributed by atoms with van der Waals surface area (Å²) in [6.45, 7) is 3.45. The lowest BCUT2D eigenvalue weighted by Crippen LogP contribution is -2.47. The summed E-state index contributed by atoms with van der Waals surface area (Å²) in [6, 6.07) is 7.56. The monoisotopic (exact) mass is 504 g/mol. The fourth-order valence-electron chi connectivity index (χ4n) is 5.12. The molecule has 5 rings (SSSR count). The molecule has 1 saturated heterocycles. The third-order valence-corrected chi connectivity index (χ3v) is 7.01. The van der Waals surface area contributed by atoms with Crippen LogP contribution in [-0.4, -0.2) is 44.8 Å². The van der Waals surface area contributed by atoms with Gasteiger partial charge in [-0.05, 0) is 77.9 Å². The summed E-state index contributed by atoms with van der Waals surface area (Å²) in [5, 5.41) is 5.75. The summed E-state index contributed by atoms with van der Waals surface area (Å²) in [4.78, 5) is 6.49. The van der Waals surface area contributed by atoms with Gasteiger partial charge < -0.3 is 4.74 Å². The summed E-state index contributed by atoms with van der Waals surface area (Å²) in [7, 11) is 0. The van der Waals surface area contributed by atoms with Crippen molar-refractivity contribution < 1.29 is 13.5 Å². The van der Waals surface area contributed by atoms with Crippen LogP contribution in [0.1, 0.15) is 62.2 Å². The number of benzene rings is 1. The van der Waals surface area contributed by atoms with Crippen LogP contribution in [0.4, 0.5) is 8.78 Å². The molecule has 0 radical (unpaired) electrons. The highest BCUT2D eigenvalue weighted by molar-refractivity contribution is 9.10. The van der Waals surface area contributed by atoms with Crippen LogP contribution < -0.4 is 0 Å². The van der Waals surface area contributed by atoms with Gasteiger partial charge in [0.25, 0.3) is 5.92 Å². The van der Waals surface area contributed by atoms with Crippen molar-refractivity contribution in [3.8, 4) is 0 Å². The maximum absolute atomic E-state index is 14.2. The molecule has 0 bridgehead atoms. The van der Waals surface area contributed by atoms with Crippen molar-refractivity contribution in [2.24, 2.45) is 0 Å². The van der Waals surface area contributed by atoms with E-state index in [9.17, 15) is 8.78 Å². The van der Waals surface area contributed by atoms with E-state index in [1.54, 1.807) is 6.20 Å². The molecule has 2 aromatic heterocycles. The molecule has 0 saturated carbocycles. The van der Waals surface area contributed by atoms with E-state index in [2.05, 4.69) is 38.1 Å². The lowest BCUT2D eigenvalue weighted by Gasteiger charge is -2.43. The van der Waals surface area contributed by atoms with E-state index in [0.29, 0.717) is 6.42 Å². The lowest BCUT2D eigenvalue weighted by atomic mass is 9.85. The molecule has 0 amide bonds. The minimum absolute atomic E-state index is 0.0421. The average molecular weight is 505 g/mol. The maximum atomic E-state index is 14.2. The minimum atomic E-state index is -2.80. The quantitative estimate of drug-likeness (QED) is 0.444. The maximum Gasteiger partial charge on any atom is 0.257 e. The Morgan fingerprint density at radius 3 is 2.72 bits per heavy atom. The SMILES string of the molecule is C[C@@H]1Cc2c(ccc3c2cnn3C2CCCCO2)[C@@H](c2ccc(Br)cn2)N1CC(C)(F)F. The molecule has 1 unspecified atom stereocenters. The topological polar surface area (TPSA) is 43.2 Å². The van der Waals surface area contributed by atoms with E-state index in [1.165, 1.54) is 5.56 Å². The number of pyridine rings is 1. The van der Waals surface area contributed by atoms with Gasteiger partial charge in [0.05, 0.1) is 30.0 Å². The van der Waals surface area contributed by atoms with Crippen LogP contribution in [0.15, 0.2) is 41.1 Å². The highest BCUT2D eigenvalue weighted by Crippen LogP contribution is 2.42. The van der Waals surface area contributed by atoms with Crippen LogP contribution in [0.5, 0.6) is 0 Å². The predicted octanol–water partition coefficient (Wildman–Crippen LogP) is 5.88. The average Bonchev–Trinajstić information content (AvgIpc) is 3.20. The third kappa shape index (κ3) is 4.08. The van der Waals surface area contributed by atoms with E-state index >= 15 is 0 Å². The van der Waals surface area contributed by atoms with Gasteiger partial charge in [0.2, 0.25) is 0 Å². The Hall–Kier alpha value is -1.90. The Bertz CT molecular complexity index is 1110. The number of nitrogens with zero attached hydrogens (tertiary/aromatic N) is 4. The first-order valence-corrected chi connectivity index (χ1v) is 12.0.